The molecule has 7 nitrogen and oxygen atoms in total. The van der Waals surface area contributed by atoms with Crippen LogP contribution in [-0.2, 0) is 28.4 Å². The van der Waals surface area contributed by atoms with E-state index in [9.17, 15) is 0 Å². The minimum Gasteiger partial charge on any atom is -0.379 e. The van der Waals surface area contributed by atoms with Crippen molar-refractivity contribution < 1.29 is 28.4 Å². The first kappa shape index (κ1) is 29.7. The van der Waals surface area contributed by atoms with E-state index < -0.39 is 0 Å². The maximum atomic E-state index is 5.59. The second kappa shape index (κ2) is 28.7. The molecule has 0 bridgehead atoms. The van der Waals surface area contributed by atoms with Crippen molar-refractivity contribution in [2.24, 2.45) is 0 Å². The molecule has 30 heavy (non-hydrogen) atoms. The van der Waals surface area contributed by atoms with E-state index in [4.69, 9.17) is 28.4 Å². The number of hydrogen-bond donors (Lipinski definition) is 1. The highest BCUT2D eigenvalue weighted by molar-refractivity contribution is 4.46. The topological polar surface area (TPSA) is 67.4 Å². The normalized spacial score (nSPS) is 11.4. The summed E-state index contributed by atoms with van der Waals surface area (Å²) in [6.07, 6.45) is 10.6. The number of unbranched alkanes of at least 4 members (excludes halogenated alkanes) is 7. The van der Waals surface area contributed by atoms with Crippen molar-refractivity contribution in [2.75, 3.05) is 92.9 Å². The molecular formula is C23H49NO6. The lowest BCUT2D eigenvalue weighted by Gasteiger charge is -2.08. The van der Waals surface area contributed by atoms with E-state index in [1.807, 2.05) is 7.05 Å². The van der Waals surface area contributed by atoms with Gasteiger partial charge in [-0.3, -0.25) is 0 Å². The number of ether oxygens (including phenoxy) is 6. The van der Waals surface area contributed by atoms with Crippen LogP contribution in [-0.4, -0.2) is 92.9 Å². The predicted molar refractivity (Wildman–Crippen MR) is 121 cm³/mol. The largest absolute Gasteiger partial charge is 0.379 e. The SMILES string of the molecule is CCCCCCCCCCOCCOCCOCCOCCOCCOCCNC. The van der Waals surface area contributed by atoms with Crippen LogP contribution in [0.5, 0.6) is 0 Å². The first-order valence-electron chi connectivity index (χ1n) is 12.0. The van der Waals surface area contributed by atoms with Crippen LogP contribution >= 0.6 is 0 Å². The fourth-order valence-corrected chi connectivity index (χ4v) is 2.71. The molecule has 0 aliphatic heterocycles. The van der Waals surface area contributed by atoms with Crippen molar-refractivity contribution in [1.29, 1.82) is 0 Å². The summed E-state index contributed by atoms with van der Waals surface area (Å²) in [7, 11) is 1.91. The Morgan fingerprint density at radius 3 is 1.13 bits per heavy atom. The molecule has 0 heterocycles. The van der Waals surface area contributed by atoms with Gasteiger partial charge in [-0.1, -0.05) is 51.9 Å². The van der Waals surface area contributed by atoms with Gasteiger partial charge >= 0.3 is 0 Å². The molecule has 0 amide bonds. The summed E-state index contributed by atoms with van der Waals surface area (Å²) < 4.78 is 32.8. The summed E-state index contributed by atoms with van der Waals surface area (Å²) in [6, 6.07) is 0. The zero-order valence-corrected chi connectivity index (χ0v) is 19.8. The highest BCUT2D eigenvalue weighted by atomic mass is 16.6. The Balaban J connectivity index is 2.97. The molecule has 0 unspecified atom stereocenters. The van der Waals surface area contributed by atoms with Gasteiger partial charge in [0.15, 0.2) is 0 Å². The second-order valence-electron chi connectivity index (χ2n) is 7.25. The van der Waals surface area contributed by atoms with E-state index in [-0.39, 0.29) is 0 Å². The van der Waals surface area contributed by atoms with Gasteiger partial charge in [0.1, 0.15) is 0 Å². The molecule has 0 aliphatic carbocycles. The van der Waals surface area contributed by atoms with Crippen LogP contribution < -0.4 is 5.32 Å². The summed E-state index contributed by atoms with van der Waals surface area (Å²) in [6.45, 7) is 10.7. The lowest BCUT2D eigenvalue weighted by Crippen LogP contribution is -2.17. The van der Waals surface area contributed by atoms with Gasteiger partial charge in [0.25, 0.3) is 0 Å². The quantitative estimate of drug-likeness (QED) is 0.198. The van der Waals surface area contributed by atoms with Gasteiger partial charge in [-0.25, -0.2) is 0 Å². The molecule has 0 radical (unpaired) electrons. The smallest absolute Gasteiger partial charge is 0.0701 e. The van der Waals surface area contributed by atoms with Crippen molar-refractivity contribution in [3.8, 4) is 0 Å². The van der Waals surface area contributed by atoms with Gasteiger partial charge in [0.2, 0.25) is 0 Å². The summed E-state index contributed by atoms with van der Waals surface area (Å²) in [5.41, 5.74) is 0. The van der Waals surface area contributed by atoms with Gasteiger partial charge in [0, 0.05) is 13.2 Å². The Labute approximate surface area is 185 Å². The Kier molecular flexibility index (Phi) is 28.5. The van der Waals surface area contributed by atoms with E-state index >= 15 is 0 Å². The van der Waals surface area contributed by atoms with E-state index in [1.54, 1.807) is 0 Å². The Morgan fingerprint density at radius 1 is 0.400 bits per heavy atom. The standard InChI is InChI=1S/C23H49NO6/c1-3-4-5-6-7-8-9-10-12-25-14-16-27-18-20-29-22-23-30-21-19-28-17-15-26-13-11-24-2/h24H,3-23H2,1-2H3. The zero-order valence-electron chi connectivity index (χ0n) is 19.8. The summed E-state index contributed by atoms with van der Waals surface area (Å²) in [5.74, 6) is 0. The fourth-order valence-electron chi connectivity index (χ4n) is 2.71. The van der Waals surface area contributed by atoms with Crippen molar-refractivity contribution in [3.63, 3.8) is 0 Å². The van der Waals surface area contributed by atoms with Gasteiger partial charge in [-0.2, -0.15) is 0 Å². The van der Waals surface area contributed by atoms with Crippen LogP contribution in [0.4, 0.5) is 0 Å². The molecule has 0 spiro atoms. The number of hydrogen-bond acceptors (Lipinski definition) is 7. The van der Waals surface area contributed by atoms with Gasteiger partial charge in [-0.15, -0.1) is 0 Å². The molecular weight excluding hydrogens is 386 g/mol. The Bertz CT molecular complexity index is 269. The lowest BCUT2D eigenvalue weighted by molar-refractivity contribution is -0.0166. The number of likely N-dealkylation sites (N-methyl/N-ethyl adjacent to an activating group) is 1. The highest BCUT2D eigenvalue weighted by Gasteiger charge is 1.95. The highest BCUT2D eigenvalue weighted by Crippen LogP contribution is 2.08. The molecule has 7 heteroatoms. The van der Waals surface area contributed by atoms with Crippen LogP contribution in [0, 0.1) is 0 Å². The second-order valence-corrected chi connectivity index (χ2v) is 7.25. The first-order valence-corrected chi connectivity index (χ1v) is 12.0. The molecule has 182 valence electrons. The van der Waals surface area contributed by atoms with Gasteiger partial charge < -0.3 is 33.7 Å². The number of nitrogens with one attached hydrogen (secondary N) is 1. The third kappa shape index (κ3) is 27.7. The van der Waals surface area contributed by atoms with Crippen molar-refractivity contribution in [1.82, 2.24) is 5.32 Å². The third-order valence-electron chi connectivity index (χ3n) is 4.50. The van der Waals surface area contributed by atoms with Crippen LogP contribution in [0.1, 0.15) is 58.3 Å². The van der Waals surface area contributed by atoms with E-state index in [2.05, 4.69) is 12.2 Å². The fraction of sp³-hybridized carbons (Fsp3) is 1.00. The molecule has 0 aromatic rings. The Hall–Kier alpha value is -0.280. The molecule has 0 rings (SSSR count). The van der Waals surface area contributed by atoms with Gasteiger partial charge in [0.05, 0.1) is 72.7 Å². The minimum atomic E-state index is 0.573. The monoisotopic (exact) mass is 435 g/mol. The molecule has 0 aromatic carbocycles. The van der Waals surface area contributed by atoms with Crippen LogP contribution in [0.15, 0.2) is 0 Å². The molecule has 0 atom stereocenters. The average Bonchev–Trinajstić information content (AvgIpc) is 2.76. The summed E-state index contributed by atoms with van der Waals surface area (Å²) >= 11 is 0. The van der Waals surface area contributed by atoms with Crippen molar-refractivity contribution in [3.05, 3.63) is 0 Å². The Morgan fingerprint density at radius 2 is 0.733 bits per heavy atom. The van der Waals surface area contributed by atoms with Crippen LogP contribution in [0.25, 0.3) is 0 Å². The molecule has 1 N–H and O–H groups in total. The number of rotatable bonds is 27. The maximum absolute atomic E-state index is 5.59. The van der Waals surface area contributed by atoms with Gasteiger partial charge in [-0.05, 0) is 13.5 Å². The first-order chi connectivity index (χ1) is 14.9. The predicted octanol–water partition coefficient (Wildman–Crippen LogP) is 3.45. The lowest BCUT2D eigenvalue weighted by atomic mass is 10.1. The zero-order chi connectivity index (χ0) is 21.8. The molecule has 0 fully saturated rings. The van der Waals surface area contributed by atoms with E-state index in [0.717, 1.165) is 19.6 Å². The maximum Gasteiger partial charge on any atom is 0.0701 e. The van der Waals surface area contributed by atoms with E-state index in [0.29, 0.717) is 72.7 Å². The van der Waals surface area contributed by atoms with Crippen LogP contribution in [0.2, 0.25) is 0 Å². The third-order valence-corrected chi connectivity index (χ3v) is 4.50. The van der Waals surface area contributed by atoms with Crippen molar-refractivity contribution >= 4 is 0 Å². The summed E-state index contributed by atoms with van der Waals surface area (Å²) in [4.78, 5) is 0. The summed E-state index contributed by atoms with van der Waals surface area (Å²) in [5, 5.41) is 3.02. The minimum absolute atomic E-state index is 0.573. The molecule has 0 saturated heterocycles. The van der Waals surface area contributed by atoms with Crippen LogP contribution in [0.3, 0.4) is 0 Å². The molecule has 0 aromatic heterocycles. The average molecular weight is 436 g/mol. The molecule has 0 saturated carbocycles. The van der Waals surface area contributed by atoms with E-state index in [1.165, 1.54) is 44.9 Å². The van der Waals surface area contributed by atoms with Crippen molar-refractivity contribution in [2.45, 2.75) is 58.3 Å². The molecule has 0 aliphatic rings.